The molecule has 156 valence electrons. The first kappa shape index (κ1) is 19.0. The molecule has 0 N–H and O–H groups in total. The van der Waals surface area contributed by atoms with Crippen molar-refractivity contribution in [2.45, 2.75) is 37.9 Å². The van der Waals surface area contributed by atoms with E-state index in [0.29, 0.717) is 17.5 Å². The Bertz CT molecular complexity index is 1280. The van der Waals surface area contributed by atoms with Crippen LogP contribution in [0.4, 0.5) is 0 Å². The maximum Gasteiger partial charge on any atom is 0.264 e. The summed E-state index contributed by atoms with van der Waals surface area (Å²) in [6, 6.07) is 9.14. The maximum absolute atomic E-state index is 13.0. The Morgan fingerprint density at radius 1 is 1.13 bits per heavy atom. The molecule has 1 atom stereocenters. The molecule has 1 aliphatic heterocycles. The summed E-state index contributed by atoms with van der Waals surface area (Å²) in [5, 5.41) is 4.61. The van der Waals surface area contributed by atoms with Crippen LogP contribution in [0.1, 0.15) is 19.3 Å². The highest BCUT2D eigenvalue weighted by molar-refractivity contribution is 7.91. The van der Waals surface area contributed by atoms with Gasteiger partial charge < -0.3 is 4.90 Å². The van der Waals surface area contributed by atoms with Crippen LogP contribution in [0.3, 0.4) is 0 Å². The fraction of sp³-hybridized carbons (Fsp3) is 0.400. The van der Waals surface area contributed by atoms with Crippen LogP contribution in [0.5, 0.6) is 0 Å². The number of rotatable bonds is 5. The van der Waals surface area contributed by atoms with Gasteiger partial charge in [0.05, 0.1) is 23.4 Å². The van der Waals surface area contributed by atoms with E-state index in [9.17, 15) is 18.0 Å². The van der Waals surface area contributed by atoms with Crippen LogP contribution in [0.15, 0.2) is 47.7 Å². The molecule has 1 amide bonds. The lowest BCUT2D eigenvalue weighted by atomic mass is 10.2. The summed E-state index contributed by atoms with van der Waals surface area (Å²) in [7, 11) is -3.10. The molecule has 1 saturated heterocycles. The van der Waals surface area contributed by atoms with Crippen LogP contribution in [-0.2, 0) is 21.2 Å². The molecule has 1 saturated carbocycles. The normalized spacial score (nSPS) is 20.5. The fourth-order valence-electron chi connectivity index (χ4n) is 4.10. The van der Waals surface area contributed by atoms with Gasteiger partial charge in [-0.1, -0.05) is 18.2 Å². The van der Waals surface area contributed by atoms with Crippen LogP contribution in [0.25, 0.3) is 16.7 Å². The predicted molar refractivity (Wildman–Crippen MR) is 110 cm³/mol. The number of benzene rings is 1. The van der Waals surface area contributed by atoms with E-state index in [-0.39, 0.29) is 41.6 Å². The first-order valence-corrected chi connectivity index (χ1v) is 11.8. The summed E-state index contributed by atoms with van der Waals surface area (Å²) >= 11 is 0. The molecule has 2 aliphatic rings. The third-order valence-electron chi connectivity index (χ3n) is 5.69. The van der Waals surface area contributed by atoms with Crippen molar-refractivity contribution >= 4 is 26.8 Å². The van der Waals surface area contributed by atoms with Crippen molar-refractivity contribution in [2.24, 2.45) is 0 Å². The highest BCUT2D eigenvalue weighted by Gasteiger charge is 2.42. The summed E-state index contributed by atoms with van der Waals surface area (Å²) in [5.74, 6) is -0.121. The molecule has 2 aromatic heterocycles. The van der Waals surface area contributed by atoms with Crippen LogP contribution < -0.4 is 5.56 Å². The van der Waals surface area contributed by atoms with E-state index >= 15 is 0 Å². The van der Waals surface area contributed by atoms with Crippen LogP contribution in [-0.4, -0.2) is 62.1 Å². The molecule has 3 aromatic rings. The number of fused-ring (bicyclic) bond motifs is 1. The second-order valence-corrected chi connectivity index (χ2v) is 10.1. The zero-order chi connectivity index (χ0) is 20.9. The summed E-state index contributed by atoms with van der Waals surface area (Å²) in [6.07, 6.45) is 5.03. The van der Waals surface area contributed by atoms with E-state index in [1.165, 1.54) is 17.1 Å². The third-order valence-corrected chi connectivity index (χ3v) is 7.44. The number of nitrogens with zero attached hydrogens (tertiary/aromatic N) is 5. The highest BCUT2D eigenvalue weighted by atomic mass is 32.2. The van der Waals surface area contributed by atoms with Gasteiger partial charge in [-0.25, -0.2) is 18.1 Å². The Kier molecular flexibility index (Phi) is 4.46. The third kappa shape index (κ3) is 3.41. The monoisotopic (exact) mass is 427 g/mol. The molecule has 0 bridgehead atoms. The number of sulfone groups is 1. The molecular weight excluding hydrogens is 406 g/mol. The van der Waals surface area contributed by atoms with Crippen molar-refractivity contribution in [1.82, 2.24) is 24.2 Å². The summed E-state index contributed by atoms with van der Waals surface area (Å²) in [6.45, 7) is -0.161. The molecular formula is C20H21N5O4S. The van der Waals surface area contributed by atoms with Gasteiger partial charge in [-0.05, 0) is 31.4 Å². The Labute approximate surface area is 172 Å². The molecule has 1 aromatic carbocycles. The second-order valence-electron chi connectivity index (χ2n) is 7.90. The van der Waals surface area contributed by atoms with Crippen molar-refractivity contribution in [3.05, 3.63) is 53.2 Å². The minimum atomic E-state index is -3.10. The van der Waals surface area contributed by atoms with Gasteiger partial charge in [0, 0.05) is 12.1 Å². The van der Waals surface area contributed by atoms with Gasteiger partial charge in [-0.3, -0.25) is 14.2 Å². The fourth-order valence-corrected chi connectivity index (χ4v) is 5.81. The largest absolute Gasteiger partial charge is 0.334 e. The Balaban J connectivity index is 1.43. The van der Waals surface area contributed by atoms with Crippen molar-refractivity contribution in [3.63, 3.8) is 0 Å². The molecule has 2 fully saturated rings. The quantitative estimate of drug-likeness (QED) is 0.595. The number of para-hydroxylation sites is 1. The molecule has 0 spiro atoms. The van der Waals surface area contributed by atoms with Crippen molar-refractivity contribution < 1.29 is 13.2 Å². The average Bonchev–Trinajstić information content (AvgIpc) is 3.35. The maximum atomic E-state index is 13.0. The van der Waals surface area contributed by atoms with Crippen LogP contribution in [0.2, 0.25) is 0 Å². The number of hydrogen-bond acceptors (Lipinski definition) is 6. The van der Waals surface area contributed by atoms with Gasteiger partial charge in [-0.15, -0.1) is 0 Å². The molecule has 1 unspecified atom stereocenters. The average molecular weight is 427 g/mol. The Hall–Kier alpha value is -3.01. The van der Waals surface area contributed by atoms with E-state index in [1.807, 2.05) is 30.3 Å². The van der Waals surface area contributed by atoms with Crippen molar-refractivity contribution in [3.8, 4) is 5.69 Å². The number of amides is 1. The predicted octanol–water partition coefficient (Wildman–Crippen LogP) is 0.760. The van der Waals surface area contributed by atoms with E-state index in [1.54, 1.807) is 9.58 Å². The van der Waals surface area contributed by atoms with Crippen LogP contribution in [0, 0.1) is 0 Å². The molecule has 3 heterocycles. The minimum Gasteiger partial charge on any atom is -0.334 e. The summed E-state index contributed by atoms with van der Waals surface area (Å²) in [4.78, 5) is 32.0. The highest BCUT2D eigenvalue weighted by Crippen LogP contribution is 2.32. The van der Waals surface area contributed by atoms with Crippen molar-refractivity contribution in [1.29, 1.82) is 0 Å². The second kappa shape index (κ2) is 7.05. The van der Waals surface area contributed by atoms with E-state index in [2.05, 4.69) is 10.1 Å². The minimum absolute atomic E-state index is 0.00523. The zero-order valence-corrected chi connectivity index (χ0v) is 17.0. The van der Waals surface area contributed by atoms with Crippen molar-refractivity contribution in [2.75, 3.05) is 11.5 Å². The number of hydrogen-bond donors (Lipinski definition) is 0. The van der Waals surface area contributed by atoms with E-state index in [0.717, 1.165) is 18.5 Å². The van der Waals surface area contributed by atoms with Crippen LogP contribution >= 0.6 is 0 Å². The number of carbonyl (C=O) groups is 1. The first-order valence-electron chi connectivity index (χ1n) is 9.93. The van der Waals surface area contributed by atoms with E-state index in [4.69, 9.17) is 0 Å². The van der Waals surface area contributed by atoms with Gasteiger partial charge in [0.25, 0.3) is 5.56 Å². The van der Waals surface area contributed by atoms with Gasteiger partial charge in [0.1, 0.15) is 18.3 Å². The van der Waals surface area contributed by atoms with Gasteiger partial charge in [0.2, 0.25) is 5.91 Å². The standard InChI is InChI=1S/C20H21N5O4S/c26-18(24(14-6-7-14)16-8-9-30(28,29)12-16)11-23-13-21-19-17(20(23)27)10-22-25(19)15-4-2-1-3-5-15/h1-5,10,13-14,16H,6-9,11-12H2. The molecule has 9 nitrogen and oxygen atoms in total. The molecule has 10 heteroatoms. The lowest BCUT2D eigenvalue weighted by Gasteiger charge is -2.28. The summed E-state index contributed by atoms with van der Waals surface area (Å²) < 4.78 is 26.6. The molecule has 30 heavy (non-hydrogen) atoms. The lowest BCUT2D eigenvalue weighted by molar-refractivity contribution is -0.134. The van der Waals surface area contributed by atoms with Gasteiger partial charge >= 0.3 is 0 Å². The zero-order valence-electron chi connectivity index (χ0n) is 16.2. The Morgan fingerprint density at radius 2 is 1.90 bits per heavy atom. The molecule has 1 aliphatic carbocycles. The Morgan fingerprint density at radius 3 is 2.57 bits per heavy atom. The smallest absolute Gasteiger partial charge is 0.264 e. The van der Waals surface area contributed by atoms with Gasteiger partial charge in [-0.2, -0.15) is 5.10 Å². The first-order chi connectivity index (χ1) is 14.4. The number of aromatic nitrogens is 4. The molecule has 5 rings (SSSR count). The van der Waals surface area contributed by atoms with Gasteiger partial charge in [0.15, 0.2) is 15.5 Å². The molecule has 0 radical (unpaired) electrons. The number of carbonyl (C=O) groups excluding carboxylic acids is 1. The SMILES string of the molecule is O=C(Cn1cnc2c(cnn2-c2ccccc2)c1=O)N(C1CC1)C1CCS(=O)(=O)C1. The lowest BCUT2D eigenvalue weighted by Crippen LogP contribution is -2.45. The van der Waals surface area contributed by atoms with E-state index < -0.39 is 9.84 Å². The summed E-state index contributed by atoms with van der Waals surface area (Å²) in [5.41, 5.74) is 0.872. The topological polar surface area (TPSA) is 107 Å².